The first-order valence-corrected chi connectivity index (χ1v) is 10.7. The highest BCUT2D eigenvalue weighted by atomic mass is 19.4. The predicted octanol–water partition coefficient (Wildman–Crippen LogP) is 6.90. The van der Waals surface area contributed by atoms with Crippen LogP contribution in [-0.4, -0.2) is 22.5 Å². The van der Waals surface area contributed by atoms with Crippen LogP contribution in [0.15, 0.2) is 65.4 Å². The molecule has 1 heterocycles. The average molecular weight is 486 g/mol. The normalized spacial score (nSPS) is 12.1. The Morgan fingerprint density at radius 2 is 1.77 bits per heavy atom. The van der Waals surface area contributed by atoms with E-state index in [1.54, 1.807) is 39.0 Å². The van der Waals surface area contributed by atoms with Crippen molar-refractivity contribution < 1.29 is 31.9 Å². The number of benzene rings is 2. The Labute approximate surface area is 201 Å². The number of hydrogen-bond donors (Lipinski definition) is 0. The zero-order valence-electron chi connectivity index (χ0n) is 19.7. The van der Waals surface area contributed by atoms with Gasteiger partial charge < -0.3 is 9.15 Å². The summed E-state index contributed by atoms with van der Waals surface area (Å²) in [4.78, 5) is 29.9. The lowest BCUT2D eigenvalue weighted by Crippen LogP contribution is -2.33. The molecule has 6 nitrogen and oxygen atoms in total. The van der Waals surface area contributed by atoms with Gasteiger partial charge in [0.1, 0.15) is 11.9 Å². The molecule has 0 unspecified atom stereocenters. The number of ether oxygens (including phenoxy) is 1. The van der Waals surface area contributed by atoms with Crippen LogP contribution in [0.25, 0.3) is 6.08 Å². The minimum absolute atomic E-state index is 0.0653. The van der Waals surface area contributed by atoms with Gasteiger partial charge in [-0.2, -0.15) is 18.2 Å². The molecule has 0 atom stereocenters. The number of carbonyl (C=O) groups excluding carboxylic acids is 2. The third-order valence-corrected chi connectivity index (χ3v) is 4.72. The maximum atomic E-state index is 12.8. The topological polar surface area (TPSA) is 72.6 Å². The third kappa shape index (κ3) is 7.30. The summed E-state index contributed by atoms with van der Waals surface area (Å²) in [6, 6.07) is 11.5. The molecule has 9 heteroatoms. The lowest BCUT2D eigenvalue weighted by molar-refractivity contribution is -0.137. The van der Waals surface area contributed by atoms with Gasteiger partial charge in [0.25, 0.3) is 0 Å². The third-order valence-electron chi connectivity index (χ3n) is 4.72. The van der Waals surface area contributed by atoms with Gasteiger partial charge in [0.15, 0.2) is 17.5 Å². The summed E-state index contributed by atoms with van der Waals surface area (Å²) in [6.07, 6.45) is -0.786. The molecule has 35 heavy (non-hydrogen) atoms. The van der Waals surface area contributed by atoms with E-state index in [0.29, 0.717) is 17.0 Å². The van der Waals surface area contributed by atoms with Crippen molar-refractivity contribution in [2.45, 2.75) is 45.9 Å². The van der Waals surface area contributed by atoms with Crippen molar-refractivity contribution in [3.63, 3.8) is 0 Å². The second-order valence-corrected chi connectivity index (χ2v) is 8.82. The number of Topliss-reactive ketones (excluding diaryl/α,β-unsaturated/α-hetero) is 1. The van der Waals surface area contributed by atoms with Gasteiger partial charge in [-0.15, -0.1) is 0 Å². The molecule has 0 saturated carbocycles. The van der Waals surface area contributed by atoms with E-state index < -0.39 is 23.4 Å². The number of carbonyl (C=O) groups is 2. The number of alkyl halides is 3. The minimum atomic E-state index is -4.44. The van der Waals surface area contributed by atoms with Gasteiger partial charge in [-0.25, -0.2) is 9.69 Å². The molecule has 3 rings (SSSR count). The number of ketones is 1. The van der Waals surface area contributed by atoms with E-state index >= 15 is 0 Å². The molecule has 0 spiro atoms. The number of oxazole rings is 1. The van der Waals surface area contributed by atoms with Crippen molar-refractivity contribution in [1.29, 1.82) is 0 Å². The van der Waals surface area contributed by atoms with Crippen LogP contribution in [0, 0.1) is 0 Å². The smallest absolute Gasteiger partial charge is 0.420 e. The number of rotatable bonds is 6. The molecule has 0 aliphatic rings. The van der Waals surface area contributed by atoms with E-state index in [0.717, 1.165) is 22.6 Å². The number of halogens is 3. The monoisotopic (exact) mass is 486 g/mol. The standard InChI is InChI=1S/C26H25F3N2O4/c1-17(32)20-7-5-6-19(14-20)15-23-30-22(16-34-23)31(24(33)35-25(2,3)4)13-12-18-8-10-21(11-9-18)26(27,28)29/h5-14,16H,15H2,1-4H3. The summed E-state index contributed by atoms with van der Waals surface area (Å²) in [5.74, 6) is 0.377. The molecule has 0 aliphatic carbocycles. The van der Waals surface area contributed by atoms with Crippen LogP contribution in [0.3, 0.4) is 0 Å². The van der Waals surface area contributed by atoms with Crippen molar-refractivity contribution in [2.24, 2.45) is 0 Å². The van der Waals surface area contributed by atoms with Crippen LogP contribution in [0.1, 0.15) is 60.6 Å². The van der Waals surface area contributed by atoms with Gasteiger partial charge in [0, 0.05) is 18.2 Å². The van der Waals surface area contributed by atoms with Crippen LogP contribution >= 0.6 is 0 Å². The maximum absolute atomic E-state index is 12.8. The van der Waals surface area contributed by atoms with Gasteiger partial charge in [-0.05, 0) is 63.1 Å². The van der Waals surface area contributed by atoms with Gasteiger partial charge in [-0.3, -0.25) is 4.79 Å². The Morgan fingerprint density at radius 1 is 1.09 bits per heavy atom. The van der Waals surface area contributed by atoms with Gasteiger partial charge >= 0.3 is 12.3 Å². The van der Waals surface area contributed by atoms with Crippen molar-refractivity contribution in [3.05, 3.63) is 89.1 Å². The first kappa shape index (κ1) is 25.7. The van der Waals surface area contributed by atoms with Crippen molar-refractivity contribution in [1.82, 2.24) is 4.98 Å². The van der Waals surface area contributed by atoms with Gasteiger partial charge in [0.2, 0.25) is 0 Å². The maximum Gasteiger partial charge on any atom is 0.420 e. The SMILES string of the molecule is CC(=O)c1cccc(Cc2nc(N(C=Cc3ccc(C(F)(F)F)cc3)C(=O)OC(C)(C)C)co2)c1. The molecular weight excluding hydrogens is 461 g/mol. The Balaban J connectivity index is 1.85. The average Bonchev–Trinajstić information content (AvgIpc) is 3.20. The molecule has 0 saturated heterocycles. The van der Waals surface area contributed by atoms with E-state index in [4.69, 9.17) is 9.15 Å². The highest BCUT2D eigenvalue weighted by Gasteiger charge is 2.30. The van der Waals surface area contributed by atoms with Crippen molar-refractivity contribution >= 4 is 23.8 Å². The number of amides is 1. The van der Waals surface area contributed by atoms with Gasteiger partial charge in [0.05, 0.1) is 5.56 Å². The van der Waals surface area contributed by atoms with Crippen LogP contribution in [0.2, 0.25) is 0 Å². The highest BCUT2D eigenvalue weighted by Crippen LogP contribution is 2.29. The van der Waals surface area contributed by atoms with E-state index in [1.165, 1.54) is 37.6 Å². The zero-order valence-corrected chi connectivity index (χ0v) is 19.7. The molecule has 184 valence electrons. The number of nitrogens with zero attached hydrogens (tertiary/aromatic N) is 2. The van der Waals surface area contributed by atoms with Crippen LogP contribution in [0.5, 0.6) is 0 Å². The molecule has 0 bridgehead atoms. The summed E-state index contributed by atoms with van der Waals surface area (Å²) >= 11 is 0. The van der Waals surface area contributed by atoms with E-state index in [9.17, 15) is 22.8 Å². The molecule has 1 aromatic heterocycles. The number of aromatic nitrogens is 1. The van der Waals surface area contributed by atoms with Crippen LogP contribution in [0.4, 0.5) is 23.8 Å². The van der Waals surface area contributed by atoms with Crippen molar-refractivity contribution in [2.75, 3.05) is 4.90 Å². The summed E-state index contributed by atoms with van der Waals surface area (Å²) in [5.41, 5.74) is 0.237. The molecular formula is C26H25F3N2O4. The molecule has 3 aromatic rings. The molecule has 0 N–H and O–H groups in total. The van der Waals surface area contributed by atoms with E-state index in [2.05, 4.69) is 4.98 Å². The molecule has 2 aromatic carbocycles. The van der Waals surface area contributed by atoms with Crippen LogP contribution in [-0.2, 0) is 17.3 Å². The predicted molar refractivity (Wildman–Crippen MR) is 125 cm³/mol. The van der Waals surface area contributed by atoms with E-state index in [1.807, 2.05) is 6.07 Å². The van der Waals surface area contributed by atoms with Gasteiger partial charge in [-0.1, -0.05) is 30.3 Å². The molecule has 0 fully saturated rings. The first-order valence-electron chi connectivity index (χ1n) is 10.7. The molecule has 0 radical (unpaired) electrons. The number of anilines is 1. The fraction of sp³-hybridized carbons (Fsp3) is 0.269. The summed E-state index contributed by atoms with van der Waals surface area (Å²) in [6.45, 7) is 6.60. The largest absolute Gasteiger partial charge is 0.446 e. The Hall–Kier alpha value is -3.88. The fourth-order valence-corrected chi connectivity index (χ4v) is 3.05. The second-order valence-electron chi connectivity index (χ2n) is 8.82. The molecule has 1 amide bonds. The lowest BCUT2D eigenvalue weighted by Gasteiger charge is -2.23. The second kappa shape index (κ2) is 10.2. The fourth-order valence-electron chi connectivity index (χ4n) is 3.05. The van der Waals surface area contributed by atoms with Crippen molar-refractivity contribution in [3.8, 4) is 0 Å². The van der Waals surface area contributed by atoms with E-state index in [-0.39, 0.29) is 18.0 Å². The first-order chi connectivity index (χ1) is 16.3. The summed E-state index contributed by atoms with van der Waals surface area (Å²) < 4.78 is 49.4. The Bertz CT molecular complexity index is 1220. The zero-order chi connectivity index (χ0) is 25.8. The highest BCUT2D eigenvalue weighted by molar-refractivity contribution is 5.94. The number of hydrogen-bond acceptors (Lipinski definition) is 5. The summed E-state index contributed by atoms with van der Waals surface area (Å²) in [5, 5.41) is 0. The quantitative estimate of drug-likeness (QED) is 0.355. The summed E-state index contributed by atoms with van der Waals surface area (Å²) in [7, 11) is 0. The lowest BCUT2D eigenvalue weighted by atomic mass is 10.1. The Morgan fingerprint density at radius 3 is 2.37 bits per heavy atom. The Kier molecular flexibility index (Phi) is 7.48. The van der Waals surface area contributed by atoms with Crippen LogP contribution < -0.4 is 4.90 Å². The molecule has 0 aliphatic heterocycles. The minimum Gasteiger partial charge on any atom is -0.446 e.